The average Bonchev–Trinajstić information content (AvgIpc) is 2.64. The van der Waals surface area contributed by atoms with Crippen molar-refractivity contribution in [3.05, 3.63) is 47.1 Å². The van der Waals surface area contributed by atoms with Crippen molar-refractivity contribution in [1.82, 2.24) is 15.1 Å². The fraction of sp³-hybridized carbons (Fsp3) is 0.353. The van der Waals surface area contributed by atoms with E-state index in [2.05, 4.69) is 15.5 Å². The Morgan fingerprint density at radius 1 is 1.04 bits per heavy atom. The number of nitrogens with one attached hydrogen (secondary N) is 1. The zero-order valence-corrected chi connectivity index (χ0v) is 15.0. The summed E-state index contributed by atoms with van der Waals surface area (Å²) in [5.41, 5.74) is -0.341. The number of aromatic nitrogens is 2. The lowest BCUT2D eigenvalue weighted by Gasteiger charge is -2.34. The highest BCUT2D eigenvalue weighted by Gasteiger charge is 2.33. The molecule has 0 atom stereocenters. The summed E-state index contributed by atoms with van der Waals surface area (Å²) >= 11 is 5.81. The molecule has 3 rings (SSSR count). The molecule has 0 bridgehead atoms. The molecule has 1 aliphatic rings. The van der Waals surface area contributed by atoms with Gasteiger partial charge in [0.2, 0.25) is 5.91 Å². The first-order chi connectivity index (χ1) is 12.8. The molecule has 2 heterocycles. The van der Waals surface area contributed by atoms with E-state index in [1.54, 1.807) is 24.3 Å². The average molecular weight is 400 g/mol. The van der Waals surface area contributed by atoms with Gasteiger partial charge in [-0.1, -0.05) is 11.6 Å². The van der Waals surface area contributed by atoms with Crippen LogP contribution in [0.3, 0.4) is 0 Å². The number of benzene rings is 1. The third-order valence-electron chi connectivity index (χ3n) is 4.13. The van der Waals surface area contributed by atoms with Crippen LogP contribution < -0.4 is 10.2 Å². The number of anilines is 2. The van der Waals surface area contributed by atoms with Gasteiger partial charge >= 0.3 is 6.18 Å². The Morgan fingerprint density at radius 3 is 2.26 bits per heavy atom. The highest BCUT2D eigenvalue weighted by atomic mass is 35.5. The monoisotopic (exact) mass is 399 g/mol. The maximum atomic E-state index is 12.5. The number of halogens is 4. The molecule has 0 saturated carbocycles. The van der Waals surface area contributed by atoms with Crippen LogP contribution in [0.4, 0.5) is 24.7 Å². The van der Waals surface area contributed by atoms with Crippen molar-refractivity contribution in [2.75, 3.05) is 42.9 Å². The summed E-state index contributed by atoms with van der Waals surface area (Å²) in [5, 5.41) is 10.3. The van der Waals surface area contributed by atoms with Crippen LogP contribution in [-0.4, -0.2) is 53.7 Å². The van der Waals surface area contributed by atoms with E-state index < -0.39 is 11.9 Å². The molecular formula is C17H17ClF3N5O. The highest BCUT2D eigenvalue weighted by molar-refractivity contribution is 6.30. The largest absolute Gasteiger partial charge is 0.435 e. The van der Waals surface area contributed by atoms with Crippen molar-refractivity contribution in [2.45, 2.75) is 6.18 Å². The van der Waals surface area contributed by atoms with Crippen LogP contribution in [0.2, 0.25) is 5.02 Å². The maximum absolute atomic E-state index is 12.5. The number of rotatable bonds is 4. The highest BCUT2D eigenvalue weighted by Crippen LogP contribution is 2.27. The second-order valence-corrected chi connectivity index (χ2v) is 6.53. The van der Waals surface area contributed by atoms with Gasteiger partial charge in [0.05, 0.1) is 6.54 Å². The minimum absolute atomic E-state index is 0.139. The zero-order valence-electron chi connectivity index (χ0n) is 14.2. The number of alkyl halides is 3. The van der Waals surface area contributed by atoms with E-state index in [-0.39, 0.29) is 12.5 Å². The number of amides is 1. The summed E-state index contributed by atoms with van der Waals surface area (Å²) < 4.78 is 37.6. The Kier molecular flexibility index (Phi) is 5.81. The normalized spacial score (nSPS) is 15.6. The Bertz CT molecular complexity index is 775. The van der Waals surface area contributed by atoms with Crippen LogP contribution in [0.5, 0.6) is 0 Å². The van der Waals surface area contributed by atoms with Gasteiger partial charge < -0.3 is 10.2 Å². The molecule has 0 spiro atoms. The van der Waals surface area contributed by atoms with E-state index in [1.165, 1.54) is 6.07 Å². The predicted molar refractivity (Wildman–Crippen MR) is 95.8 cm³/mol. The third-order valence-corrected chi connectivity index (χ3v) is 4.38. The first-order valence-corrected chi connectivity index (χ1v) is 8.63. The van der Waals surface area contributed by atoms with Crippen LogP contribution in [0.25, 0.3) is 0 Å². The molecule has 27 heavy (non-hydrogen) atoms. The number of carbonyl (C=O) groups excluding carboxylic acids is 1. The van der Waals surface area contributed by atoms with Gasteiger partial charge in [0.1, 0.15) is 0 Å². The molecule has 1 aromatic carbocycles. The van der Waals surface area contributed by atoms with E-state index in [0.717, 1.165) is 6.07 Å². The zero-order chi connectivity index (χ0) is 19.4. The van der Waals surface area contributed by atoms with Gasteiger partial charge in [0.15, 0.2) is 11.5 Å². The maximum Gasteiger partial charge on any atom is 0.435 e. The van der Waals surface area contributed by atoms with Crippen molar-refractivity contribution >= 4 is 29.0 Å². The quantitative estimate of drug-likeness (QED) is 0.856. The van der Waals surface area contributed by atoms with Crippen LogP contribution in [0.15, 0.2) is 36.4 Å². The summed E-state index contributed by atoms with van der Waals surface area (Å²) in [5.74, 6) is 0.258. The van der Waals surface area contributed by atoms with Crippen molar-refractivity contribution in [3.63, 3.8) is 0 Å². The summed E-state index contributed by atoms with van der Waals surface area (Å²) in [4.78, 5) is 15.9. The predicted octanol–water partition coefficient (Wildman–Crippen LogP) is 2.91. The molecule has 1 fully saturated rings. The summed E-state index contributed by atoms with van der Waals surface area (Å²) in [7, 11) is 0. The lowest BCUT2D eigenvalue weighted by molar-refractivity contribution is -0.141. The van der Waals surface area contributed by atoms with Gasteiger partial charge in [0, 0.05) is 36.9 Å². The van der Waals surface area contributed by atoms with E-state index >= 15 is 0 Å². The van der Waals surface area contributed by atoms with Gasteiger partial charge in [-0.15, -0.1) is 10.2 Å². The van der Waals surface area contributed by atoms with Crippen LogP contribution >= 0.6 is 11.6 Å². The minimum Gasteiger partial charge on any atom is -0.353 e. The molecule has 1 N–H and O–H groups in total. The minimum atomic E-state index is -4.50. The molecule has 1 saturated heterocycles. The smallest absolute Gasteiger partial charge is 0.353 e. The Labute approximate surface area is 158 Å². The summed E-state index contributed by atoms with van der Waals surface area (Å²) in [6, 6.07) is 9.08. The lowest BCUT2D eigenvalue weighted by atomic mass is 10.3. The van der Waals surface area contributed by atoms with Crippen LogP contribution in [-0.2, 0) is 11.0 Å². The second-order valence-electron chi connectivity index (χ2n) is 6.09. The molecule has 1 aliphatic heterocycles. The number of nitrogens with zero attached hydrogens (tertiary/aromatic N) is 4. The Hall–Kier alpha value is -2.39. The molecule has 144 valence electrons. The van der Waals surface area contributed by atoms with Gasteiger partial charge in [-0.2, -0.15) is 13.2 Å². The van der Waals surface area contributed by atoms with Gasteiger partial charge in [-0.3, -0.25) is 9.69 Å². The lowest BCUT2D eigenvalue weighted by Crippen LogP contribution is -2.49. The van der Waals surface area contributed by atoms with Gasteiger partial charge in [-0.05, 0) is 36.4 Å². The molecule has 0 aliphatic carbocycles. The standard InChI is InChI=1S/C17H17ClF3N5O/c18-12-1-3-13(4-2-12)22-16(27)11-25-7-9-26(10-8-25)15-6-5-14(23-24-15)17(19,20)21/h1-6H,7-11H2,(H,22,27). The molecule has 2 aromatic rings. The fourth-order valence-corrected chi connectivity index (χ4v) is 2.84. The molecule has 1 aromatic heterocycles. The van der Waals surface area contributed by atoms with E-state index in [9.17, 15) is 18.0 Å². The third kappa shape index (κ3) is 5.30. The summed E-state index contributed by atoms with van der Waals surface area (Å²) in [6.45, 7) is 2.52. The first kappa shape index (κ1) is 19.4. The molecule has 1 amide bonds. The van der Waals surface area contributed by atoms with Crippen LogP contribution in [0, 0.1) is 0 Å². The van der Waals surface area contributed by atoms with Gasteiger partial charge in [0.25, 0.3) is 0 Å². The Morgan fingerprint density at radius 2 is 1.70 bits per heavy atom. The molecular weight excluding hydrogens is 383 g/mol. The topological polar surface area (TPSA) is 61.4 Å². The van der Waals surface area contributed by atoms with Crippen molar-refractivity contribution in [3.8, 4) is 0 Å². The molecule has 0 radical (unpaired) electrons. The number of hydrogen-bond donors (Lipinski definition) is 1. The number of carbonyl (C=O) groups is 1. The van der Waals surface area contributed by atoms with Gasteiger partial charge in [-0.25, -0.2) is 0 Å². The summed E-state index contributed by atoms with van der Waals surface area (Å²) in [6.07, 6.45) is -4.50. The SMILES string of the molecule is O=C(CN1CCN(c2ccc(C(F)(F)F)nn2)CC1)Nc1ccc(Cl)cc1. The molecule has 6 nitrogen and oxygen atoms in total. The van der Waals surface area contributed by atoms with E-state index in [4.69, 9.17) is 11.6 Å². The first-order valence-electron chi connectivity index (χ1n) is 8.25. The number of hydrogen-bond acceptors (Lipinski definition) is 5. The van der Waals surface area contributed by atoms with E-state index in [1.807, 2.05) is 9.80 Å². The molecule has 10 heteroatoms. The van der Waals surface area contributed by atoms with Crippen molar-refractivity contribution < 1.29 is 18.0 Å². The second kappa shape index (κ2) is 8.10. The van der Waals surface area contributed by atoms with Crippen molar-refractivity contribution in [1.29, 1.82) is 0 Å². The Balaban J connectivity index is 1.48. The van der Waals surface area contributed by atoms with Crippen LogP contribution in [0.1, 0.15) is 5.69 Å². The fourth-order valence-electron chi connectivity index (χ4n) is 2.72. The van der Waals surface area contributed by atoms with E-state index in [0.29, 0.717) is 42.7 Å². The number of piperazine rings is 1. The molecule has 0 unspecified atom stereocenters. The van der Waals surface area contributed by atoms with Crippen molar-refractivity contribution in [2.24, 2.45) is 0 Å².